The SMILES string of the molecule is COc1ccc2nc(N3C(=O)C(=O)C(=C(O)c4ccc(C)cc4)[C@@H]3c3cccc([N+](=O)[O-])c3)sc2c1. The molecule has 1 aliphatic rings. The maximum absolute atomic E-state index is 13.3. The first-order valence-electron chi connectivity index (χ1n) is 10.9. The number of hydrogen-bond donors (Lipinski definition) is 1. The molecule has 1 fully saturated rings. The van der Waals surface area contributed by atoms with E-state index in [0.29, 0.717) is 22.4 Å². The Bertz CT molecular complexity index is 1570. The quantitative estimate of drug-likeness (QED) is 0.132. The normalized spacial score (nSPS) is 17.1. The van der Waals surface area contributed by atoms with Gasteiger partial charge in [-0.05, 0) is 30.7 Å². The number of thiazole rings is 1. The zero-order chi connectivity index (χ0) is 25.6. The average Bonchev–Trinajstić information content (AvgIpc) is 3.41. The summed E-state index contributed by atoms with van der Waals surface area (Å²) in [4.78, 5) is 43.3. The molecule has 10 heteroatoms. The maximum atomic E-state index is 13.3. The number of fused-ring (bicyclic) bond motifs is 1. The van der Waals surface area contributed by atoms with Gasteiger partial charge in [0, 0.05) is 17.7 Å². The number of aliphatic hydroxyl groups excluding tert-OH is 1. The number of benzene rings is 3. The highest BCUT2D eigenvalue weighted by atomic mass is 32.1. The minimum Gasteiger partial charge on any atom is -0.507 e. The largest absolute Gasteiger partial charge is 0.507 e. The predicted molar refractivity (Wildman–Crippen MR) is 135 cm³/mol. The summed E-state index contributed by atoms with van der Waals surface area (Å²) in [5.41, 5.74) is 1.82. The number of methoxy groups -OCH3 is 1. The third-order valence-electron chi connectivity index (χ3n) is 5.96. The molecular weight excluding hydrogens is 482 g/mol. The molecule has 2 heterocycles. The highest BCUT2D eigenvalue weighted by molar-refractivity contribution is 7.22. The van der Waals surface area contributed by atoms with Crippen LogP contribution in [0.15, 0.2) is 72.3 Å². The van der Waals surface area contributed by atoms with Gasteiger partial charge < -0.3 is 9.84 Å². The predicted octanol–water partition coefficient (Wildman–Crippen LogP) is 5.15. The van der Waals surface area contributed by atoms with Crippen LogP contribution < -0.4 is 9.64 Å². The maximum Gasteiger partial charge on any atom is 0.301 e. The summed E-state index contributed by atoms with van der Waals surface area (Å²) in [6.45, 7) is 1.88. The lowest BCUT2D eigenvalue weighted by Crippen LogP contribution is -2.29. The molecule has 0 unspecified atom stereocenters. The van der Waals surface area contributed by atoms with Gasteiger partial charge in [-0.1, -0.05) is 53.3 Å². The second kappa shape index (κ2) is 8.90. The van der Waals surface area contributed by atoms with Gasteiger partial charge in [-0.25, -0.2) is 4.98 Å². The van der Waals surface area contributed by atoms with Gasteiger partial charge in [-0.3, -0.25) is 24.6 Å². The minimum absolute atomic E-state index is 0.166. The van der Waals surface area contributed by atoms with Crippen molar-refractivity contribution >= 4 is 49.8 Å². The van der Waals surface area contributed by atoms with Crippen molar-refractivity contribution < 1.29 is 24.4 Å². The molecule has 5 rings (SSSR count). The Morgan fingerprint density at radius 3 is 2.56 bits per heavy atom. The van der Waals surface area contributed by atoms with E-state index in [2.05, 4.69) is 4.98 Å². The second-order valence-corrected chi connectivity index (χ2v) is 9.23. The fourth-order valence-corrected chi connectivity index (χ4v) is 5.16. The second-order valence-electron chi connectivity index (χ2n) is 8.22. The van der Waals surface area contributed by atoms with Crippen molar-refractivity contribution in [1.29, 1.82) is 0 Å². The Labute approximate surface area is 209 Å². The van der Waals surface area contributed by atoms with E-state index in [-0.39, 0.29) is 22.2 Å². The lowest BCUT2D eigenvalue weighted by molar-refractivity contribution is -0.384. The Hall–Kier alpha value is -4.57. The number of non-ortho nitro benzene ring substituents is 1. The van der Waals surface area contributed by atoms with Gasteiger partial charge >= 0.3 is 5.91 Å². The van der Waals surface area contributed by atoms with Crippen LogP contribution in [0.5, 0.6) is 5.75 Å². The van der Waals surface area contributed by atoms with Gasteiger partial charge in [0.25, 0.3) is 11.5 Å². The van der Waals surface area contributed by atoms with E-state index < -0.39 is 22.7 Å². The molecule has 0 radical (unpaired) electrons. The molecule has 1 aliphatic heterocycles. The van der Waals surface area contributed by atoms with E-state index in [1.165, 1.54) is 41.5 Å². The average molecular weight is 502 g/mol. The zero-order valence-corrected chi connectivity index (χ0v) is 20.0. The van der Waals surface area contributed by atoms with Gasteiger partial charge in [0.05, 0.1) is 33.9 Å². The van der Waals surface area contributed by atoms with E-state index in [9.17, 15) is 24.8 Å². The summed E-state index contributed by atoms with van der Waals surface area (Å²) in [6, 6.07) is 16.6. The van der Waals surface area contributed by atoms with E-state index in [1.807, 2.05) is 6.92 Å². The molecule has 180 valence electrons. The Morgan fingerprint density at radius 1 is 1.11 bits per heavy atom. The number of nitrogens with zero attached hydrogens (tertiary/aromatic N) is 3. The van der Waals surface area contributed by atoms with E-state index in [1.54, 1.807) is 48.5 Å². The molecule has 1 saturated heterocycles. The lowest BCUT2D eigenvalue weighted by atomic mass is 9.95. The Balaban J connectivity index is 1.74. The third kappa shape index (κ3) is 3.87. The number of ether oxygens (including phenoxy) is 1. The number of nitro groups is 1. The molecule has 0 bridgehead atoms. The van der Waals surface area contributed by atoms with Crippen molar-refractivity contribution in [2.45, 2.75) is 13.0 Å². The monoisotopic (exact) mass is 501 g/mol. The number of amides is 1. The number of carbonyl (C=O) groups excluding carboxylic acids is 2. The first-order chi connectivity index (χ1) is 17.3. The van der Waals surface area contributed by atoms with Crippen LogP contribution >= 0.6 is 11.3 Å². The van der Waals surface area contributed by atoms with Crippen LogP contribution in [0, 0.1) is 17.0 Å². The van der Waals surface area contributed by atoms with Crippen LogP contribution in [-0.4, -0.2) is 33.8 Å². The van der Waals surface area contributed by atoms with E-state index in [4.69, 9.17) is 4.74 Å². The molecule has 1 atom stereocenters. The van der Waals surface area contributed by atoms with E-state index in [0.717, 1.165) is 10.3 Å². The van der Waals surface area contributed by atoms with Gasteiger partial charge in [0.15, 0.2) is 5.13 Å². The molecule has 1 aromatic heterocycles. The number of nitro benzene ring substituents is 1. The highest BCUT2D eigenvalue weighted by Gasteiger charge is 2.48. The molecule has 4 aromatic rings. The van der Waals surface area contributed by atoms with Crippen molar-refractivity contribution in [3.63, 3.8) is 0 Å². The summed E-state index contributed by atoms with van der Waals surface area (Å²) in [5.74, 6) is -1.54. The number of rotatable bonds is 5. The van der Waals surface area contributed by atoms with Crippen molar-refractivity contribution in [3.8, 4) is 5.75 Å². The molecule has 36 heavy (non-hydrogen) atoms. The summed E-state index contributed by atoms with van der Waals surface area (Å²) in [6.07, 6.45) is 0. The molecule has 9 nitrogen and oxygen atoms in total. The highest BCUT2D eigenvalue weighted by Crippen LogP contribution is 2.45. The van der Waals surface area contributed by atoms with Crippen molar-refractivity contribution in [2.24, 2.45) is 0 Å². The van der Waals surface area contributed by atoms with Gasteiger partial charge in [-0.15, -0.1) is 0 Å². The fourth-order valence-electron chi connectivity index (χ4n) is 4.14. The van der Waals surface area contributed by atoms with Gasteiger partial charge in [0.2, 0.25) is 0 Å². The summed E-state index contributed by atoms with van der Waals surface area (Å²) < 4.78 is 5.99. The number of ketones is 1. The van der Waals surface area contributed by atoms with Gasteiger partial charge in [0.1, 0.15) is 11.5 Å². The zero-order valence-electron chi connectivity index (χ0n) is 19.2. The van der Waals surface area contributed by atoms with Crippen LogP contribution in [0.2, 0.25) is 0 Å². The summed E-state index contributed by atoms with van der Waals surface area (Å²) in [5, 5.41) is 22.9. The topological polar surface area (TPSA) is 123 Å². The lowest BCUT2D eigenvalue weighted by Gasteiger charge is -2.22. The molecular formula is C26H19N3O6S. The van der Waals surface area contributed by atoms with Crippen LogP contribution in [-0.2, 0) is 9.59 Å². The fraction of sp³-hybridized carbons (Fsp3) is 0.115. The molecule has 1 N–H and O–H groups in total. The van der Waals surface area contributed by atoms with Crippen molar-refractivity contribution in [1.82, 2.24) is 4.98 Å². The van der Waals surface area contributed by atoms with Gasteiger partial charge in [-0.2, -0.15) is 0 Å². The molecule has 0 saturated carbocycles. The number of hydrogen-bond acceptors (Lipinski definition) is 8. The molecule has 0 spiro atoms. The van der Waals surface area contributed by atoms with Crippen LogP contribution in [0.3, 0.4) is 0 Å². The molecule has 0 aliphatic carbocycles. The number of aromatic nitrogens is 1. The number of aliphatic hydroxyl groups is 1. The number of anilines is 1. The van der Waals surface area contributed by atoms with Crippen LogP contribution in [0.4, 0.5) is 10.8 Å². The standard InChI is InChI=1S/C26H19N3O6S/c1-14-6-8-15(9-7-14)23(30)21-22(16-4-3-5-17(12-16)29(33)34)28(25(32)24(21)31)26-27-19-11-10-18(35-2)13-20(19)36-26/h3-13,22,30H,1-2H3/t22-/m0/s1. The van der Waals surface area contributed by atoms with Crippen LogP contribution in [0.25, 0.3) is 16.0 Å². The third-order valence-corrected chi connectivity index (χ3v) is 6.97. The Morgan fingerprint density at radius 2 is 1.86 bits per heavy atom. The number of carbonyl (C=O) groups is 2. The van der Waals surface area contributed by atoms with Crippen molar-refractivity contribution in [3.05, 3.63) is 99.1 Å². The molecule has 3 aromatic carbocycles. The minimum atomic E-state index is -1.12. The van der Waals surface area contributed by atoms with Crippen LogP contribution in [0.1, 0.15) is 22.7 Å². The smallest absolute Gasteiger partial charge is 0.301 e. The first kappa shape index (κ1) is 23.2. The Kier molecular flexibility index (Phi) is 5.73. The summed E-state index contributed by atoms with van der Waals surface area (Å²) >= 11 is 1.17. The number of aryl methyl sites for hydroxylation is 1. The number of Topliss-reactive ketones (excluding diaryl/α,β-unsaturated/α-hetero) is 1. The molecule has 1 amide bonds. The van der Waals surface area contributed by atoms with E-state index >= 15 is 0 Å². The first-order valence-corrected chi connectivity index (χ1v) is 11.7. The summed E-state index contributed by atoms with van der Waals surface area (Å²) in [7, 11) is 1.54. The van der Waals surface area contributed by atoms with Crippen molar-refractivity contribution in [2.75, 3.05) is 12.0 Å².